The van der Waals surface area contributed by atoms with E-state index < -0.39 is 5.54 Å². The number of piperidine rings is 1. The standard InChI is InChI=1S/C20H27N3O2/c1-21-14-10-20(11-15-21)19(25)22-12-5-8-17(22)18(24)23(20)13-9-16-6-3-2-4-7-16/h2-4,6-7,17H,5,8-15H2,1H3. The summed E-state index contributed by atoms with van der Waals surface area (Å²) in [7, 11) is 2.09. The molecule has 3 aliphatic heterocycles. The maximum Gasteiger partial charge on any atom is 0.249 e. The summed E-state index contributed by atoms with van der Waals surface area (Å²) >= 11 is 0. The van der Waals surface area contributed by atoms with Crippen LogP contribution in [0.15, 0.2) is 30.3 Å². The predicted octanol–water partition coefficient (Wildman–Crippen LogP) is 1.53. The van der Waals surface area contributed by atoms with E-state index in [2.05, 4.69) is 24.1 Å². The van der Waals surface area contributed by atoms with E-state index >= 15 is 0 Å². The summed E-state index contributed by atoms with van der Waals surface area (Å²) < 4.78 is 0. The van der Waals surface area contributed by atoms with Gasteiger partial charge in [-0.2, -0.15) is 0 Å². The van der Waals surface area contributed by atoms with Crippen LogP contribution in [0.2, 0.25) is 0 Å². The smallest absolute Gasteiger partial charge is 0.249 e. The van der Waals surface area contributed by atoms with Crippen molar-refractivity contribution >= 4 is 11.8 Å². The van der Waals surface area contributed by atoms with Gasteiger partial charge < -0.3 is 14.7 Å². The molecule has 0 bridgehead atoms. The van der Waals surface area contributed by atoms with Crippen LogP contribution in [0, 0.1) is 0 Å². The van der Waals surface area contributed by atoms with E-state index in [0.29, 0.717) is 6.54 Å². The lowest BCUT2D eigenvalue weighted by Gasteiger charge is -2.53. The lowest BCUT2D eigenvalue weighted by Crippen LogP contribution is -2.72. The molecule has 5 heteroatoms. The van der Waals surface area contributed by atoms with Crippen LogP contribution < -0.4 is 0 Å². The van der Waals surface area contributed by atoms with Crippen molar-refractivity contribution in [1.82, 2.24) is 14.7 Å². The molecule has 1 spiro atoms. The highest BCUT2D eigenvalue weighted by Crippen LogP contribution is 2.39. The maximum absolute atomic E-state index is 13.4. The van der Waals surface area contributed by atoms with Crippen molar-refractivity contribution in [3.63, 3.8) is 0 Å². The number of rotatable bonds is 3. The average molecular weight is 341 g/mol. The van der Waals surface area contributed by atoms with E-state index in [-0.39, 0.29) is 17.9 Å². The molecule has 3 heterocycles. The lowest BCUT2D eigenvalue weighted by atomic mass is 9.81. The van der Waals surface area contributed by atoms with Gasteiger partial charge in [0.05, 0.1) is 0 Å². The van der Waals surface area contributed by atoms with Crippen LogP contribution >= 0.6 is 0 Å². The Morgan fingerprint density at radius 3 is 2.52 bits per heavy atom. The second kappa shape index (κ2) is 6.45. The van der Waals surface area contributed by atoms with Crippen molar-refractivity contribution in [2.45, 2.75) is 43.7 Å². The minimum atomic E-state index is -0.612. The Morgan fingerprint density at radius 1 is 1.08 bits per heavy atom. The molecule has 3 saturated heterocycles. The number of carbonyl (C=O) groups excluding carboxylic acids is 2. The number of likely N-dealkylation sites (tertiary alicyclic amines) is 1. The molecular formula is C20H27N3O2. The van der Waals surface area contributed by atoms with Crippen molar-refractivity contribution < 1.29 is 9.59 Å². The largest absolute Gasteiger partial charge is 0.329 e. The van der Waals surface area contributed by atoms with Crippen LogP contribution in [0.3, 0.4) is 0 Å². The van der Waals surface area contributed by atoms with Crippen LogP contribution in [-0.4, -0.2) is 71.3 Å². The number of hydrogen-bond donors (Lipinski definition) is 0. The highest BCUT2D eigenvalue weighted by atomic mass is 16.2. The molecule has 5 nitrogen and oxygen atoms in total. The summed E-state index contributed by atoms with van der Waals surface area (Å²) in [6.07, 6.45) is 4.09. The number of hydrogen-bond acceptors (Lipinski definition) is 3. The van der Waals surface area contributed by atoms with Crippen LogP contribution in [-0.2, 0) is 16.0 Å². The normalized spacial score (nSPS) is 26.4. The summed E-state index contributed by atoms with van der Waals surface area (Å²) in [5.41, 5.74) is 0.610. The minimum Gasteiger partial charge on any atom is -0.329 e. The summed E-state index contributed by atoms with van der Waals surface area (Å²) in [5.74, 6) is 0.383. The van der Waals surface area contributed by atoms with Gasteiger partial charge in [0.15, 0.2) is 0 Å². The number of amides is 2. The molecule has 2 amide bonds. The van der Waals surface area contributed by atoms with Gasteiger partial charge in [0.2, 0.25) is 11.8 Å². The third kappa shape index (κ3) is 2.74. The highest BCUT2D eigenvalue weighted by molar-refractivity contribution is 6.00. The lowest BCUT2D eigenvalue weighted by molar-refractivity contribution is -0.172. The molecule has 1 aromatic rings. The molecule has 1 aromatic carbocycles. The van der Waals surface area contributed by atoms with E-state index in [1.165, 1.54) is 5.56 Å². The van der Waals surface area contributed by atoms with Gasteiger partial charge in [-0.25, -0.2) is 0 Å². The molecule has 0 aliphatic carbocycles. The van der Waals surface area contributed by atoms with Gasteiger partial charge in [-0.1, -0.05) is 30.3 Å². The van der Waals surface area contributed by atoms with E-state index in [4.69, 9.17) is 0 Å². The zero-order chi connectivity index (χ0) is 17.4. The van der Waals surface area contributed by atoms with Crippen molar-refractivity contribution in [1.29, 1.82) is 0 Å². The Bertz CT molecular complexity index is 652. The Balaban J connectivity index is 1.62. The van der Waals surface area contributed by atoms with Gasteiger partial charge in [0.1, 0.15) is 11.6 Å². The monoisotopic (exact) mass is 341 g/mol. The summed E-state index contributed by atoms with van der Waals surface area (Å²) in [5, 5.41) is 0. The first-order valence-corrected chi connectivity index (χ1v) is 9.47. The van der Waals surface area contributed by atoms with E-state index in [1.54, 1.807) is 0 Å². The molecule has 0 saturated carbocycles. The predicted molar refractivity (Wildman–Crippen MR) is 96.1 cm³/mol. The zero-order valence-electron chi connectivity index (χ0n) is 15.0. The summed E-state index contributed by atoms with van der Waals surface area (Å²) in [6, 6.07) is 10.0. The SMILES string of the molecule is CN1CCC2(CC1)C(=O)N1CCCC1C(=O)N2CCc1ccccc1. The maximum atomic E-state index is 13.4. The molecule has 25 heavy (non-hydrogen) atoms. The van der Waals surface area contributed by atoms with Crippen LogP contribution in [0.5, 0.6) is 0 Å². The number of piperazine rings is 1. The molecule has 4 rings (SSSR count). The Morgan fingerprint density at radius 2 is 1.80 bits per heavy atom. The van der Waals surface area contributed by atoms with Gasteiger partial charge in [0, 0.05) is 26.2 Å². The molecule has 0 radical (unpaired) electrons. The molecular weight excluding hydrogens is 314 g/mol. The van der Waals surface area contributed by atoms with E-state index in [0.717, 1.165) is 51.7 Å². The fourth-order valence-electron chi connectivity index (χ4n) is 4.72. The molecule has 3 fully saturated rings. The van der Waals surface area contributed by atoms with Crippen molar-refractivity contribution in [3.05, 3.63) is 35.9 Å². The van der Waals surface area contributed by atoms with E-state index in [9.17, 15) is 9.59 Å². The zero-order valence-corrected chi connectivity index (χ0v) is 15.0. The fraction of sp³-hybridized carbons (Fsp3) is 0.600. The topological polar surface area (TPSA) is 43.9 Å². The van der Waals surface area contributed by atoms with Crippen molar-refractivity contribution in [3.8, 4) is 0 Å². The number of benzene rings is 1. The molecule has 0 aromatic heterocycles. The third-order valence-electron chi connectivity index (χ3n) is 6.26. The molecule has 1 unspecified atom stereocenters. The average Bonchev–Trinajstić information content (AvgIpc) is 3.13. The highest BCUT2D eigenvalue weighted by Gasteiger charge is 2.57. The first-order chi connectivity index (χ1) is 12.1. The second-order valence-electron chi connectivity index (χ2n) is 7.72. The van der Waals surface area contributed by atoms with Crippen LogP contribution in [0.1, 0.15) is 31.2 Å². The fourth-order valence-corrected chi connectivity index (χ4v) is 4.72. The second-order valence-corrected chi connectivity index (χ2v) is 7.72. The van der Waals surface area contributed by atoms with Gasteiger partial charge in [0.25, 0.3) is 0 Å². The van der Waals surface area contributed by atoms with Crippen LogP contribution in [0.4, 0.5) is 0 Å². The molecule has 134 valence electrons. The quantitative estimate of drug-likeness (QED) is 0.837. The van der Waals surface area contributed by atoms with E-state index in [1.807, 2.05) is 28.0 Å². The third-order valence-corrected chi connectivity index (χ3v) is 6.26. The van der Waals surface area contributed by atoms with Gasteiger partial charge in [-0.3, -0.25) is 9.59 Å². The van der Waals surface area contributed by atoms with Gasteiger partial charge >= 0.3 is 0 Å². The van der Waals surface area contributed by atoms with Gasteiger partial charge in [-0.15, -0.1) is 0 Å². The Kier molecular flexibility index (Phi) is 4.28. The molecule has 1 atom stereocenters. The summed E-state index contributed by atoms with van der Waals surface area (Å²) in [4.78, 5) is 32.7. The number of nitrogens with zero attached hydrogens (tertiary/aromatic N) is 3. The van der Waals surface area contributed by atoms with Crippen LogP contribution in [0.25, 0.3) is 0 Å². The van der Waals surface area contributed by atoms with Crippen molar-refractivity contribution in [2.75, 3.05) is 33.2 Å². The van der Waals surface area contributed by atoms with Gasteiger partial charge in [-0.05, 0) is 44.7 Å². The number of carbonyl (C=O) groups is 2. The van der Waals surface area contributed by atoms with Crippen molar-refractivity contribution in [2.24, 2.45) is 0 Å². The molecule has 3 aliphatic rings. The number of fused-ring (bicyclic) bond motifs is 1. The Hall–Kier alpha value is -1.88. The first kappa shape index (κ1) is 16.6. The molecule has 0 N–H and O–H groups in total. The summed E-state index contributed by atoms with van der Waals surface area (Å²) in [6.45, 7) is 3.14. The minimum absolute atomic E-state index is 0.178. The first-order valence-electron chi connectivity index (χ1n) is 9.47. The Labute approximate surface area is 149 Å².